The smallest absolute Gasteiger partial charge is 0.253 e. The molecule has 1 saturated carbocycles. The van der Waals surface area contributed by atoms with E-state index in [1.54, 1.807) is 0 Å². The van der Waals surface area contributed by atoms with Crippen LogP contribution in [0, 0.1) is 5.92 Å². The van der Waals surface area contributed by atoms with Gasteiger partial charge < -0.3 is 15.0 Å². The Labute approximate surface area is 120 Å². The lowest BCUT2D eigenvalue weighted by Gasteiger charge is -2.23. The van der Waals surface area contributed by atoms with Gasteiger partial charge in [0.1, 0.15) is 5.75 Å². The molecule has 108 valence electrons. The number of hydrogen-bond donors (Lipinski definition) is 1. The van der Waals surface area contributed by atoms with Gasteiger partial charge in [-0.05, 0) is 56.0 Å². The number of rotatable bonds is 5. The summed E-state index contributed by atoms with van der Waals surface area (Å²) in [6.07, 6.45) is 3.61. The minimum atomic E-state index is 0.0902. The minimum Gasteiger partial charge on any atom is -0.493 e. The van der Waals surface area contributed by atoms with Gasteiger partial charge in [-0.2, -0.15) is 0 Å². The summed E-state index contributed by atoms with van der Waals surface area (Å²) in [5.74, 6) is 1.70. The van der Waals surface area contributed by atoms with Gasteiger partial charge >= 0.3 is 0 Å². The Kier molecular flexibility index (Phi) is 3.92. The molecule has 4 heteroatoms. The molecule has 0 spiro atoms. The zero-order valence-corrected chi connectivity index (χ0v) is 12.0. The van der Waals surface area contributed by atoms with Crippen molar-refractivity contribution >= 4 is 5.91 Å². The number of nitrogens with one attached hydrogen (secondary N) is 1. The zero-order chi connectivity index (χ0) is 13.9. The van der Waals surface area contributed by atoms with Crippen LogP contribution in [0.4, 0.5) is 0 Å². The SMILES string of the molecule is CN(C(=O)c1ccc(OCC2CC2)cc1)C1CCNC1. The Morgan fingerprint density at radius 1 is 1.30 bits per heavy atom. The van der Waals surface area contributed by atoms with Crippen LogP contribution < -0.4 is 10.1 Å². The van der Waals surface area contributed by atoms with E-state index >= 15 is 0 Å². The van der Waals surface area contributed by atoms with Gasteiger partial charge in [-0.15, -0.1) is 0 Å². The maximum atomic E-state index is 12.4. The van der Waals surface area contributed by atoms with Crippen LogP contribution in [-0.4, -0.2) is 43.6 Å². The molecule has 0 bridgehead atoms. The van der Waals surface area contributed by atoms with Crippen molar-refractivity contribution in [2.75, 3.05) is 26.7 Å². The lowest BCUT2D eigenvalue weighted by atomic mass is 10.1. The van der Waals surface area contributed by atoms with Crippen molar-refractivity contribution in [2.45, 2.75) is 25.3 Å². The molecule has 4 nitrogen and oxygen atoms in total. The fourth-order valence-electron chi connectivity index (χ4n) is 2.53. The summed E-state index contributed by atoms with van der Waals surface area (Å²) in [6.45, 7) is 2.70. The average Bonchev–Trinajstić information content (AvgIpc) is 3.16. The van der Waals surface area contributed by atoms with Crippen LogP contribution >= 0.6 is 0 Å². The average molecular weight is 274 g/mol. The normalized spacial score (nSPS) is 21.8. The van der Waals surface area contributed by atoms with E-state index in [0.717, 1.165) is 43.3 Å². The van der Waals surface area contributed by atoms with Crippen molar-refractivity contribution in [3.63, 3.8) is 0 Å². The van der Waals surface area contributed by atoms with E-state index in [1.165, 1.54) is 12.8 Å². The standard InChI is InChI=1S/C16H22N2O2/c1-18(14-8-9-17-10-14)16(19)13-4-6-15(7-5-13)20-11-12-2-3-12/h4-7,12,14,17H,2-3,8-11H2,1H3. The molecule has 0 radical (unpaired) electrons. The molecule has 2 aliphatic rings. The summed E-state index contributed by atoms with van der Waals surface area (Å²) >= 11 is 0. The van der Waals surface area contributed by atoms with E-state index in [0.29, 0.717) is 6.04 Å². The van der Waals surface area contributed by atoms with Crippen LogP contribution in [0.15, 0.2) is 24.3 Å². The molecule has 1 aromatic rings. The summed E-state index contributed by atoms with van der Waals surface area (Å²) < 4.78 is 5.69. The second kappa shape index (κ2) is 5.83. The van der Waals surface area contributed by atoms with Gasteiger partial charge in [0.15, 0.2) is 0 Å². The molecular weight excluding hydrogens is 252 g/mol. The minimum absolute atomic E-state index is 0.0902. The summed E-state index contributed by atoms with van der Waals surface area (Å²) in [5, 5.41) is 3.29. The molecule has 2 fully saturated rings. The van der Waals surface area contributed by atoms with Crippen LogP contribution in [0.25, 0.3) is 0 Å². The Hall–Kier alpha value is -1.55. The molecule has 3 rings (SSSR count). The second-order valence-electron chi connectivity index (χ2n) is 5.84. The fraction of sp³-hybridized carbons (Fsp3) is 0.562. The number of carbonyl (C=O) groups is 1. The quantitative estimate of drug-likeness (QED) is 0.892. The van der Waals surface area contributed by atoms with Crippen molar-refractivity contribution in [1.29, 1.82) is 0 Å². The van der Waals surface area contributed by atoms with Crippen LogP contribution in [-0.2, 0) is 0 Å². The predicted octanol–water partition coefficient (Wildman–Crippen LogP) is 1.91. The highest BCUT2D eigenvalue weighted by Crippen LogP contribution is 2.29. The van der Waals surface area contributed by atoms with Crippen LogP contribution in [0.3, 0.4) is 0 Å². The highest BCUT2D eigenvalue weighted by Gasteiger charge is 2.24. The van der Waals surface area contributed by atoms with Gasteiger partial charge in [0.25, 0.3) is 5.91 Å². The van der Waals surface area contributed by atoms with Gasteiger partial charge in [-0.1, -0.05) is 0 Å². The van der Waals surface area contributed by atoms with Crippen LogP contribution in [0.2, 0.25) is 0 Å². The van der Waals surface area contributed by atoms with Gasteiger partial charge in [0.2, 0.25) is 0 Å². The van der Waals surface area contributed by atoms with Crippen molar-refractivity contribution in [3.05, 3.63) is 29.8 Å². The third kappa shape index (κ3) is 3.12. The summed E-state index contributed by atoms with van der Waals surface area (Å²) in [4.78, 5) is 14.2. The summed E-state index contributed by atoms with van der Waals surface area (Å²) in [6, 6.07) is 7.84. The zero-order valence-electron chi connectivity index (χ0n) is 12.0. The number of hydrogen-bond acceptors (Lipinski definition) is 3. The monoisotopic (exact) mass is 274 g/mol. The first-order valence-electron chi connectivity index (χ1n) is 7.45. The molecule has 20 heavy (non-hydrogen) atoms. The first kappa shape index (κ1) is 13.4. The Morgan fingerprint density at radius 3 is 2.65 bits per heavy atom. The largest absolute Gasteiger partial charge is 0.493 e. The molecule has 1 heterocycles. The maximum Gasteiger partial charge on any atom is 0.253 e. The molecule has 1 aromatic carbocycles. The van der Waals surface area contributed by atoms with Gasteiger partial charge in [0.05, 0.1) is 6.61 Å². The topological polar surface area (TPSA) is 41.6 Å². The highest BCUT2D eigenvalue weighted by atomic mass is 16.5. The molecule has 1 atom stereocenters. The maximum absolute atomic E-state index is 12.4. The van der Waals surface area contributed by atoms with E-state index < -0.39 is 0 Å². The Morgan fingerprint density at radius 2 is 2.05 bits per heavy atom. The number of carbonyl (C=O) groups excluding carboxylic acids is 1. The third-order valence-electron chi connectivity index (χ3n) is 4.19. The van der Waals surface area contributed by atoms with E-state index in [-0.39, 0.29) is 5.91 Å². The molecule has 1 saturated heterocycles. The first-order chi connectivity index (χ1) is 9.74. The van der Waals surface area contributed by atoms with Crippen LogP contribution in [0.1, 0.15) is 29.6 Å². The van der Waals surface area contributed by atoms with Crippen molar-refractivity contribution in [3.8, 4) is 5.75 Å². The lowest BCUT2D eigenvalue weighted by Crippen LogP contribution is -2.38. The summed E-state index contributed by atoms with van der Waals surface area (Å²) in [5.41, 5.74) is 0.734. The van der Waals surface area contributed by atoms with Crippen molar-refractivity contribution < 1.29 is 9.53 Å². The lowest BCUT2D eigenvalue weighted by molar-refractivity contribution is 0.0744. The number of nitrogens with zero attached hydrogens (tertiary/aromatic N) is 1. The second-order valence-corrected chi connectivity index (χ2v) is 5.84. The molecule has 1 N–H and O–H groups in total. The van der Waals surface area contributed by atoms with Crippen molar-refractivity contribution in [2.24, 2.45) is 5.92 Å². The van der Waals surface area contributed by atoms with Crippen LogP contribution in [0.5, 0.6) is 5.75 Å². The molecule has 1 aliphatic carbocycles. The first-order valence-corrected chi connectivity index (χ1v) is 7.45. The Bertz CT molecular complexity index is 462. The van der Waals surface area contributed by atoms with E-state index in [1.807, 2.05) is 36.2 Å². The molecular formula is C16H22N2O2. The number of benzene rings is 1. The fourth-order valence-corrected chi connectivity index (χ4v) is 2.53. The van der Waals surface area contributed by atoms with E-state index in [4.69, 9.17) is 4.74 Å². The van der Waals surface area contributed by atoms with Gasteiger partial charge in [-0.25, -0.2) is 0 Å². The van der Waals surface area contributed by atoms with E-state index in [9.17, 15) is 4.79 Å². The highest BCUT2D eigenvalue weighted by molar-refractivity contribution is 5.94. The number of likely N-dealkylation sites (N-methyl/N-ethyl adjacent to an activating group) is 1. The molecule has 0 aromatic heterocycles. The third-order valence-corrected chi connectivity index (χ3v) is 4.19. The molecule has 1 unspecified atom stereocenters. The van der Waals surface area contributed by atoms with Gasteiger partial charge in [0, 0.05) is 25.2 Å². The number of ether oxygens (including phenoxy) is 1. The summed E-state index contributed by atoms with van der Waals surface area (Å²) in [7, 11) is 1.89. The van der Waals surface area contributed by atoms with Crippen molar-refractivity contribution in [1.82, 2.24) is 10.2 Å². The van der Waals surface area contributed by atoms with Gasteiger partial charge in [-0.3, -0.25) is 4.79 Å². The Balaban J connectivity index is 1.58. The van der Waals surface area contributed by atoms with E-state index in [2.05, 4.69) is 5.32 Å². The molecule has 1 aliphatic heterocycles. The number of amides is 1. The predicted molar refractivity (Wildman–Crippen MR) is 78.0 cm³/mol. The molecule has 1 amide bonds.